The molecule has 0 radical (unpaired) electrons. The Morgan fingerprint density at radius 2 is 2.29 bits per heavy atom. The van der Waals surface area contributed by atoms with Gasteiger partial charge in [-0.15, -0.1) is 11.3 Å². The van der Waals surface area contributed by atoms with Crippen molar-refractivity contribution in [3.8, 4) is 0 Å². The second kappa shape index (κ2) is 4.52. The van der Waals surface area contributed by atoms with Crippen LogP contribution in [0.2, 0.25) is 0 Å². The Morgan fingerprint density at radius 1 is 1.64 bits per heavy atom. The Morgan fingerprint density at radius 3 is 2.71 bits per heavy atom. The zero-order chi connectivity index (χ0) is 10.7. The molecule has 0 bridgehead atoms. The highest BCUT2D eigenvalue weighted by atomic mass is 32.1. The first-order chi connectivity index (χ1) is 6.50. The van der Waals surface area contributed by atoms with Crippen molar-refractivity contribution in [3.63, 3.8) is 0 Å². The molecule has 0 aromatic carbocycles. The highest BCUT2D eigenvalue weighted by molar-refractivity contribution is 7.11. The van der Waals surface area contributed by atoms with E-state index in [2.05, 4.69) is 10.3 Å². The Balaban J connectivity index is 2.50. The molecule has 0 aliphatic rings. The van der Waals surface area contributed by atoms with Gasteiger partial charge in [0, 0.05) is 4.88 Å². The predicted molar refractivity (Wildman–Crippen MR) is 57.1 cm³/mol. The third-order valence-electron chi connectivity index (χ3n) is 1.90. The van der Waals surface area contributed by atoms with Crippen molar-refractivity contribution in [2.24, 2.45) is 5.73 Å². The molecule has 1 atom stereocenters. The summed E-state index contributed by atoms with van der Waals surface area (Å²) in [5.41, 5.74) is 6.43. The van der Waals surface area contributed by atoms with Crippen LogP contribution in [0, 0.1) is 13.8 Å². The molecule has 5 heteroatoms. The molecule has 0 saturated carbocycles. The van der Waals surface area contributed by atoms with E-state index in [1.165, 1.54) is 4.88 Å². The molecular formula is C9H15N3OS. The van der Waals surface area contributed by atoms with Gasteiger partial charge >= 0.3 is 0 Å². The summed E-state index contributed by atoms with van der Waals surface area (Å²) >= 11 is 1.60. The number of hydrogen-bond donors (Lipinski definition) is 2. The first-order valence-corrected chi connectivity index (χ1v) is 5.28. The van der Waals surface area contributed by atoms with E-state index >= 15 is 0 Å². The maximum atomic E-state index is 11.1. The molecule has 14 heavy (non-hydrogen) atoms. The van der Waals surface area contributed by atoms with Crippen molar-refractivity contribution in [1.82, 2.24) is 10.3 Å². The Labute approximate surface area is 87.5 Å². The van der Waals surface area contributed by atoms with Crippen molar-refractivity contribution in [2.45, 2.75) is 33.4 Å². The molecule has 0 unspecified atom stereocenters. The van der Waals surface area contributed by atoms with Gasteiger partial charge in [0.15, 0.2) is 0 Å². The second-order valence-corrected chi connectivity index (χ2v) is 4.54. The number of rotatable bonds is 3. The van der Waals surface area contributed by atoms with Gasteiger partial charge in [-0.1, -0.05) is 0 Å². The van der Waals surface area contributed by atoms with E-state index in [1.54, 1.807) is 18.3 Å². The van der Waals surface area contributed by atoms with Gasteiger partial charge in [-0.05, 0) is 20.8 Å². The summed E-state index contributed by atoms with van der Waals surface area (Å²) in [6.07, 6.45) is 0. The van der Waals surface area contributed by atoms with E-state index in [9.17, 15) is 4.79 Å². The predicted octanol–water partition coefficient (Wildman–Crippen LogP) is 0.723. The summed E-state index contributed by atoms with van der Waals surface area (Å²) in [4.78, 5) is 16.6. The van der Waals surface area contributed by atoms with Gasteiger partial charge in [0.25, 0.3) is 0 Å². The number of aryl methyl sites for hydroxylation is 2. The number of nitrogens with one attached hydrogen (secondary N) is 1. The van der Waals surface area contributed by atoms with Gasteiger partial charge < -0.3 is 11.1 Å². The van der Waals surface area contributed by atoms with Crippen LogP contribution in [0.3, 0.4) is 0 Å². The number of amides is 1. The highest BCUT2D eigenvalue weighted by Gasteiger charge is 2.08. The van der Waals surface area contributed by atoms with Gasteiger partial charge in [-0.3, -0.25) is 4.79 Å². The van der Waals surface area contributed by atoms with Crippen LogP contribution in [-0.2, 0) is 11.3 Å². The first-order valence-electron chi connectivity index (χ1n) is 4.47. The quantitative estimate of drug-likeness (QED) is 0.777. The standard InChI is InChI=1S/C9H15N3OS/c1-5(10)9(13)11-4-8-12-6(2)7(3)14-8/h5H,4,10H2,1-3H3,(H,11,13)/t5-/m1/s1. The van der Waals surface area contributed by atoms with E-state index in [-0.39, 0.29) is 5.91 Å². The Bertz CT molecular complexity index is 313. The minimum Gasteiger partial charge on any atom is -0.348 e. The van der Waals surface area contributed by atoms with Gasteiger partial charge in [0.05, 0.1) is 18.3 Å². The van der Waals surface area contributed by atoms with Crippen LogP contribution < -0.4 is 11.1 Å². The van der Waals surface area contributed by atoms with E-state index < -0.39 is 6.04 Å². The zero-order valence-electron chi connectivity index (χ0n) is 8.63. The molecule has 4 nitrogen and oxygen atoms in total. The number of hydrogen-bond acceptors (Lipinski definition) is 4. The van der Waals surface area contributed by atoms with E-state index in [4.69, 9.17) is 5.73 Å². The first kappa shape index (κ1) is 11.1. The molecule has 1 rings (SSSR count). The molecule has 0 saturated heterocycles. The van der Waals surface area contributed by atoms with Crippen molar-refractivity contribution in [2.75, 3.05) is 0 Å². The normalized spacial score (nSPS) is 12.6. The van der Waals surface area contributed by atoms with Crippen LogP contribution in [0.25, 0.3) is 0 Å². The number of thiazole rings is 1. The summed E-state index contributed by atoms with van der Waals surface area (Å²) < 4.78 is 0. The molecular weight excluding hydrogens is 198 g/mol. The van der Waals surface area contributed by atoms with Crippen LogP contribution in [-0.4, -0.2) is 16.9 Å². The lowest BCUT2D eigenvalue weighted by atomic mass is 10.3. The molecule has 1 heterocycles. The molecule has 0 aliphatic carbocycles. The number of carbonyl (C=O) groups is 1. The summed E-state index contributed by atoms with van der Waals surface area (Å²) in [6.45, 7) is 6.11. The third kappa shape index (κ3) is 2.78. The van der Waals surface area contributed by atoms with Crippen molar-refractivity contribution in [3.05, 3.63) is 15.6 Å². The van der Waals surface area contributed by atoms with Crippen molar-refractivity contribution in [1.29, 1.82) is 0 Å². The molecule has 1 aromatic heterocycles. The van der Waals surface area contributed by atoms with E-state index in [1.807, 2.05) is 13.8 Å². The van der Waals surface area contributed by atoms with E-state index in [0.29, 0.717) is 6.54 Å². The van der Waals surface area contributed by atoms with Gasteiger partial charge in [0.1, 0.15) is 5.01 Å². The Hall–Kier alpha value is -0.940. The molecule has 0 spiro atoms. The zero-order valence-corrected chi connectivity index (χ0v) is 9.44. The van der Waals surface area contributed by atoms with Gasteiger partial charge in [-0.2, -0.15) is 0 Å². The molecule has 3 N–H and O–H groups in total. The summed E-state index contributed by atoms with van der Waals surface area (Å²) in [6, 6.07) is -0.461. The summed E-state index contributed by atoms with van der Waals surface area (Å²) in [7, 11) is 0. The smallest absolute Gasteiger partial charge is 0.236 e. The van der Waals surface area contributed by atoms with Gasteiger partial charge in [0.2, 0.25) is 5.91 Å². The summed E-state index contributed by atoms with van der Waals surface area (Å²) in [5, 5.41) is 3.65. The molecule has 1 aromatic rings. The van der Waals surface area contributed by atoms with Crippen LogP contribution in [0.5, 0.6) is 0 Å². The summed E-state index contributed by atoms with van der Waals surface area (Å²) in [5.74, 6) is -0.143. The number of nitrogens with zero attached hydrogens (tertiary/aromatic N) is 1. The number of carbonyl (C=O) groups excluding carboxylic acids is 1. The molecule has 0 fully saturated rings. The van der Waals surface area contributed by atoms with Gasteiger partial charge in [-0.25, -0.2) is 4.98 Å². The fraction of sp³-hybridized carbons (Fsp3) is 0.556. The fourth-order valence-electron chi connectivity index (χ4n) is 0.938. The molecule has 0 aliphatic heterocycles. The average Bonchev–Trinajstić information content (AvgIpc) is 2.42. The van der Waals surface area contributed by atoms with Crippen LogP contribution in [0.15, 0.2) is 0 Å². The largest absolute Gasteiger partial charge is 0.348 e. The van der Waals surface area contributed by atoms with Crippen LogP contribution in [0.1, 0.15) is 22.5 Å². The maximum Gasteiger partial charge on any atom is 0.236 e. The van der Waals surface area contributed by atoms with Crippen LogP contribution >= 0.6 is 11.3 Å². The topological polar surface area (TPSA) is 68.0 Å². The highest BCUT2D eigenvalue weighted by Crippen LogP contribution is 2.15. The molecule has 78 valence electrons. The van der Waals surface area contributed by atoms with Crippen molar-refractivity contribution < 1.29 is 4.79 Å². The lowest BCUT2D eigenvalue weighted by Crippen LogP contribution is -2.37. The van der Waals surface area contributed by atoms with Crippen molar-refractivity contribution >= 4 is 17.2 Å². The minimum atomic E-state index is -0.461. The minimum absolute atomic E-state index is 0.143. The third-order valence-corrected chi connectivity index (χ3v) is 2.97. The lowest BCUT2D eigenvalue weighted by Gasteiger charge is -2.04. The monoisotopic (exact) mass is 213 g/mol. The maximum absolute atomic E-state index is 11.1. The lowest BCUT2D eigenvalue weighted by molar-refractivity contribution is -0.122. The number of aromatic nitrogens is 1. The fourth-order valence-corrected chi connectivity index (χ4v) is 1.81. The average molecular weight is 213 g/mol. The Kier molecular flexibility index (Phi) is 3.60. The number of nitrogens with two attached hydrogens (primary N) is 1. The SMILES string of the molecule is Cc1nc(CNC(=O)[C@@H](C)N)sc1C. The van der Waals surface area contributed by atoms with Crippen LogP contribution in [0.4, 0.5) is 0 Å². The molecule has 1 amide bonds. The second-order valence-electron chi connectivity index (χ2n) is 3.26. The van der Waals surface area contributed by atoms with E-state index in [0.717, 1.165) is 10.7 Å².